The zero-order valence-corrected chi connectivity index (χ0v) is 17.3. The van der Waals surface area contributed by atoms with Crippen molar-refractivity contribution in [3.63, 3.8) is 0 Å². The Labute approximate surface area is 174 Å². The Kier molecular flexibility index (Phi) is 4.03. The molecule has 2 fully saturated rings. The number of carbonyl (C=O) groups excluding carboxylic acids is 1. The van der Waals surface area contributed by atoms with Crippen LogP contribution in [0, 0.1) is 28.6 Å². The highest BCUT2D eigenvalue weighted by atomic mass is 16.2. The zero-order valence-electron chi connectivity index (χ0n) is 17.3. The lowest BCUT2D eigenvalue weighted by molar-refractivity contribution is -0.124. The van der Waals surface area contributed by atoms with Gasteiger partial charge in [-0.3, -0.25) is 4.79 Å². The third-order valence-corrected chi connectivity index (χ3v) is 6.39. The van der Waals surface area contributed by atoms with Gasteiger partial charge in [-0.25, -0.2) is 14.5 Å². The molecule has 0 N–H and O–H groups in total. The first-order valence-electron chi connectivity index (χ1n) is 10.2. The summed E-state index contributed by atoms with van der Waals surface area (Å²) in [6.45, 7) is 2.56. The molecule has 0 radical (unpaired) electrons. The molecule has 8 heteroatoms. The first-order chi connectivity index (χ1) is 14.5. The van der Waals surface area contributed by atoms with Gasteiger partial charge in [0.15, 0.2) is 0 Å². The molecule has 5 rings (SSSR count). The van der Waals surface area contributed by atoms with Gasteiger partial charge in [0.05, 0.1) is 17.3 Å². The quantitative estimate of drug-likeness (QED) is 0.668. The van der Waals surface area contributed by atoms with Crippen LogP contribution < -0.4 is 9.80 Å². The van der Waals surface area contributed by atoms with E-state index in [1.165, 1.54) is 0 Å². The van der Waals surface area contributed by atoms with Crippen molar-refractivity contribution in [3.8, 4) is 17.2 Å². The van der Waals surface area contributed by atoms with Gasteiger partial charge in [-0.15, -0.1) is 0 Å². The molecule has 1 aliphatic heterocycles. The highest BCUT2D eigenvalue weighted by Gasteiger charge is 2.61. The molecule has 3 aromatic heterocycles. The number of aromatic nitrogens is 4. The van der Waals surface area contributed by atoms with Crippen molar-refractivity contribution >= 4 is 23.1 Å². The molecule has 30 heavy (non-hydrogen) atoms. The fourth-order valence-electron chi connectivity index (χ4n) is 4.59. The Balaban J connectivity index is 1.55. The Morgan fingerprint density at radius 1 is 1.23 bits per heavy atom. The molecule has 2 aliphatic rings. The number of carbonyl (C=O) groups is 1. The Bertz CT molecular complexity index is 1170. The van der Waals surface area contributed by atoms with Crippen molar-refractivity contribution in [1.82, 2.24) is 19.6 Å². The summed E-state index contributed by atoms with van der Waals surface area (Å²) in [6.07, 6.45) is 9.10. The van der Waals surface area contributed by atoms with E-state index in [4.69, 9.17) is 0 Å². The number of hydrogen-bond donors (Lipinski definition) is 0. The van der Waals surface area contributed by atoms with Crippen molar-refractivity contribution in [1.29, 1.82) is 5.26 Å². The van der Waals surface area contributed by atoms with Crippen molar-refractivity contribution in [2.45, 2.75) is 19.8 Å². The zero-order chi connectivity index (χ0) is 21.0. The maximum Gasteiger partial charge on any atom is 0.248 e. The van der Waals surface area contributed by atoms with Gasteiger partial charge in [0, 0.05) is 62.5 Å². The van der Waals surface area contributed by atoms with Crippen molar-refractivity contribution < 1.29 is 4.79 Å². The molecule has 8 nitrogen and oxygen atoms in total. The van der Waals surface area contributed by atoms with Gasteiger partial charge in [0.1, 0.15) is 5.41 Å². The van der Waals surface area contributed by atoms with Crippen LogP contribution in [0.15, 0.2) is 36.9 Å². The van der Waals surface area contributed by atoms with Gasteiger partial charge < -0.3 is 9.80 Å². The highest BCUT2D eigenvalue weighted by molar-refractivity contribution is 6.05. The van der Waals surface area contributed by atoms with Gasteiger partial charge >= 0.3 is 0 Å². The molecular formula is C22H23N7O. The summed E-state index contributed by atoms with van der Waals surface area (Å²) in [7, 11) is 3.80. The third-order valence-electron chi connectivity index (χ3n) is 6.39. The predicted octanol–water partition coefficient (Wildman–Crippen LogP) is 2.76. The molecule has 1 amide bonds. The SMILES string of the molecule is C[C@@H]1CN(c2ccnn3cc(-c4cnc(N(C)C)nc4)cc23)C(=O)[C@]1(C#N)C1CC1. The number of amides is 1. The van der Waals surface area contributed by atoms with Crippen LogP contribution in [0.5, 0.6) is 0 Å². The number of nitrogens with zero attached hydrogens (tertiary/aromatic N) is 7. The minimum absolute atomic E-state index is 0.00266. The van der Waals surface area contributed by atoms with Crippen LogP contribution in [0.2, 0.25) is 0 Å². The van der Waals surface area contributed by atoms with E-state index in [1.54, 1.807) is 28.0 Å². The lowest BCUT2D eigenvalue weighted by atomic mass is 9.75. The first-order valence-corrected chi connectivity index (χ1v) is 10.2. The number of hydrogen-bond acceptors (Lipinski definition) is 6. The van der Waals surface area contributed by atoms with Gasteiger partial charge in [0.25, 0.3) is 0 Å². The summed E-state index contributed by atoms with van der Waals surface area (Å²) in [4.78, 5) is 25.8. The summed E-state index contributed by atoms with van der Waals surface area (Å²) in [5.41, 5.74) is 2.52. The molecule has 1 saturated heterocycles. The summed E-state index contributed by atoms with van der Waals surface area (Å²) in [5.74, 6) is 0.750. The topological polar surface area (TPSA) is 90.4 Å². The molecule has 1 aliphatic carbocycles. The number of nitriles is 1. The van der Waals surface area contributed by atoms with E-state index >= 15 is 0 Å². The number of rotatable bonds is 4. The largest absolute Gasteiger partial charge is 0.347 e. The summed E-state index contributed by atoms with van der Waals surface area (Å²) in [6, 6.07) is 6.25. The minimum atomic E-state index is -0.897. The first kappa shape index (κ1) is 18.6. The molecule has 152 valence electrons. The normalized spacial score (nSPS) is 23.7. The van der Waals surface area contributed by atoms with E-state index in [0.29, 0.717) is 12.5 Å². The van der Waals surface area contributed by atoms with E-state index in [0.717, 1.165) is 35.2 Å². The molecule has 0 aromatic carbocycles. The van der Waals surface area contributed by atoms with Crippen molar-refractivity contribution in [2.24, 2.45) is 17.3 Å². The van der Waals surface area contributed by atoms with Crippen LogP contribution in [0.4, 0.5) is 11.6 Å². The van der Waals surface area contributed by atoms with Gasteiger partial charge in [-0.1, -0.05) is 6.92 Å². The van der Waals surface area contributed by atoms with Crippen LogP contribution in [0.3, 0.4) is 0 Å². The summed E-state index contributed by atoms with van der Waals surface area (Å²) < 4.78 is 1.77. The van der Waals surface area contributed by atoms with Crippen LogP contribution in [-0.2, 0) is 4.79 Å². The van der Waals surface area contributed by atoms with Crippen LogP contribution in [-0.4, -0.2) is 46.1 Å². The van der Waals surface area contributed by atoms with E-state index in [2.05, 4.69) is 21.1 Å². The molecule has 0 spiro atoms. The minimum Gasteiger partial charge on any atom is -0.347 e. The molecule has 3 aromatic rings. The average Bonchev–Trinajstić information content (AvgIpc) is 3.44. The van der Waals surface area contributed by atoms with Gasteiger partial charge in [-0.05, 0) is 30.9 Å². The maximum atomic E-state index is 13.4. The molecular weight excluding hydrogens is 378 g/mol. The van der Waals surface area contributed by atoms with E-state index in [-0.39, 0.29) is 17.7 Å². The second-order valence-corrected chi connectivity index (χ2v) is 8.51. The highest BCUT2D eigenvalue weighted by Crippen LogP contribution is 2.54. The monoisotopic (exact) mass is 401 g/mol. The van der Waals surface area contributed by atoms with E-state index in [9.17, 15) is 10.1 Å². The van der Waals surface area contributed by atoms with Crippen LogP contribution in [0.25, 0.3) is 16.6 Å². The molecule has 1 saturated carbocycles. The third kappa shape index (κ3) is 2.58. The molecule has 2 atom stereocenters. The molecule has 0 bridgehead atoms. The van der Waals surface area contributed by atoms with Crippen LogP contribution >= 0.6 is 0 Å². The maximum absolute atomic E-state index is 13.4. The lowest BCUT2D eigenvalue weighted by Gasteiger charge is -2.23. The van der Waals surface area contributed by atoms with Gasteiger partial charge in [0.2, 0.25) is 11.9 Å². The van der Waals surface area contributed by atoms with Gasteiger partial charge in [-0.2, -0.15) is 10.4 Å². The fraction of sp³-hybridized carbons (Fsp3) is 0.409. The molecule has 0 unspecified atom stereocenters. The van der Waals surface area contributed by atoms with Crippen molar-refractivity contribution in [2.75, 3.05) is 30.4 Å². The van der Waals surface area contributed by atoms with Crippen LogP contribution in [0.1, 0.15) is 19.8 Å². The predicted molar refractivity (Wildman–Crippen MR) is 113 cm³/mol. The molecule has 4 heterocycles. The Morgan fingerprint density at radius 3 is 2.60 bits per heavy atom. The summed E-state index contributed by atoms with van der Waals surface area (Å²) in [5, 5.41) is 14.3. The second-order valence-electron chi connectivity index (χ2n) is 8.51. The fourth-order valence-corrected chi connectivity index (χ4v) is 4.59. The number of anilines is 2. The number of fused-ring (bicyclic) bond motifs is 1. The van der Waals surface area contributed by atoms with E-state index < -0.39 is 5.41 Å². The standard InChI is InChI=1S/C22H23N7O/c1-14-11-28(20(30)22(14,13-23)17-4-5-17)18-6-7-26-29-12-15(8-19(18)29)16-9-24-21(25-10-16)27(2)3/h6-10,12,14,17H,4-5,11H2,1-3H3/t14-,22+/m1/s1. The van der Waals surface area contributed by atoms with Crippen molar-refractivity contribution in [3.05, 3.63) is 36.9 Å². The Morgan fingerprint density at radius 2 is 1.97 bits per heavy atom. The lowest BCUT2D eigenvalue weighted by Crippen LogP contribution is -2.37. The second kappa shape index (κ2) is 6.52. The summed E-state index contributed by atoms with van der Waals surface area (Å²) >= 11 is 0. The average molecular weight is 401 g/mol. The smallest absolute Gasteiger partial charge is 0.248 e. The Hall–Kier alpha value is -3.47. The van der Waals surface area contributed by atoms with E-state index in [1.807, 2.05) is 44.2 Å².